The van der Waals surface area contributed by atoms with Crippen molar-refractivity contribution in [3.63, 3.8) is 0 Å². The summed E-state index contributed by atoms with van der Waals surface area (Å²) in [6.45, 7) is 4.30. The summed E-state index contributed by atoms with van der Waals surface area (Å²) >= 11 is 0. The number of anilines is 1. The maximum atomic E-state index is 11.9. The minimum Gasteiger partial charge on any atom is -0.370 e. The second-order valence-corrected chi connectivity index (χ2v) is 3.77. The Morgan fingerprint density at radius 3 is 2.78 bits per heavy atom. The van der Waals surface area contributed by atoms with Gasteiger partial charge in [-0.2, -0.15) is 0 Å². The monoisotopic (exact) mass is 250 g/mol. The number of aromatic nitrogens is 1. The van der Waals surface area contributed by atoms with Crippen LogP contribution in [0.4, 0.5) is 5.82 Å². The molecule has 0 radical (unpaired) electrons. The Labute approximate surface area is 106 Å². The molecule has 0 spiro atoms. The highest BCUT2D eigenvalue weighted by Crippen LogP contribution is 2.06. The predicted molar refractivity (Wildman–Crippen MR) is 69.4 cm³/mol. The smallest absolute Gasteiger partial charge is 0.252 e. The number of nitrogens with one attached hydrogen (secondary N) is 3. The lowest BCUT2D eigenvalue weighted by Crippen LogP contribution is -2.43. The average Bonchev–Trinajstić information content (AvgIpc) is 2.38. The molecule has 0 bridgehead atoms. The maximum Gasteiger partial charge on any atom is 0.252 e. The summed E-state index contributed by atoms with van der Waals surface area (Å²) in [6.07, 6.45) is 1.55. The third-order valence-electron chi connectivity index (χ3n) is 2.37. The Bertz CT molecular complexity index is 434. The van der Waals surface area contributed by atoms with E-state index < -0.39 is 6.04 Å². The lowest BCUT2D eigenvalue weighted by atomic mass is 10.2. The van der Waals surface area contributed by atoms with Crippen LogP contribution in [-0.2, 0) is 4.79 Å². The first-order valence-electron chi connectivity index (χ1n) is 5.80. The van der Waals surface area contributed by atoms with Gasteiger partial charge < -0.3 is 16.0 Å². The van der Waals surface area contributed by atoms with Gasteiger partial charge in [-0.25, -0.2) is 4.98 Å². The highest BCUT2D eigenvalue weighted by Gasteiger charge is 2.15. The van der Waals surface area contributed by atoms with Crippen molar-refractivity contribution in [3.8, 4) is 0 Å². The molecule has 0 saturated heterocycles. The number of carbonyl (C=O) groups is 2. The van der Waals surface area contributed by atoms with Crippen LogP contribution in [0.1, 0.15) is 24.2 Å². The summed E-state index contributed by atoms with van der Waals surface area (Å²) in [5.41, 5.74) is 0.469. The maximum absolute atomic E-state index is 11.9. The summed E-state index contributed by atoms with van der Waals surface area (Å²) in [7, 11) is 1.53. The van der Waals surface area contributed by atoms with E-state index in [2.05, 4.69) is 20.9 Å². The number of hydrogen-bond acceptors (Lipinski definition) is 4. The molecule has 1 aromatic heterocycles. The zero-order chi connectivity index (χ0) is 13.5. The van der Waals surface area contributed by atoms with Gasteiger partial charge in [0, 0.05) is 25.4 Å². The average molecular weight is 250 g/mol. The fourth-order valence-electron chi connectivity index (χ4n) is 1.41. The van der Waals surface area contributed by atoms with Gasteiger partial charge in [-0.15, -0.1) is 0 Å². The van der Waals surface area contributed by atoms with Gasteiger partial charge in [0.05, 0.1) is 0 Å². The molecule has 6 nitrogen and oxygen atoms in total. The second-order valence-electron chi connectivity index (χ2n) is 3.77. The molecule has 0 aromatic carbocycles. The molecule has 6 heteroatoms. The summed E-state index contributed by atoms with van der Waals surface area (Å²) in [5.74, 6) is 0.106. The molecule has 2 amide bonds. The van der Waals surface area contributed by atoms with Crippen LogP contribution in [-0.4, -0.2) is 36.4 Å². The van der Waals surface area contributed by atoms with E-state index in [4.69, 9.17) is 0 Å². The topological polar surface area (TPSA) is 83.1 Å². The third kappa shape index (κ3) is 3.73. The van der Waals surface area contributed by atoms with Crippen molar-refractivity contribution in [2.24, 2.45) is 0 Å². The number of carbonyl (C=O) groups excluding carboxylic acids is 2. The molecule has 0 fully saturated rings. The molecule has 1 rings (SSSR count). The van der Waals surface area contributed by atoms with E-state index in [0.29, 0.717) is 11.4 Å². The summed E-state index contributed by atoms with van der Waals surface area (Å²) in [4.78, 5) is 27.3. The van der Waals surface area contributed by atoms with Crippen LogP contribution in [0.2, 0.25) is 0 Å². The normalized spacial score (nSPS) is 11.5. The van der Waals surface area contributed by atoms with Crippen molar-refractivity contribution < 1.29 is 9.59 Å². The van der Waals surface area contributed by atoms with Crippen molar-refractivity contribution >= 4 is 17.6 Å². The number of nitrogens with zero attached hydrogens (tertiary/aromatic N) is 1. The molecule has 1 heterocycles. The van der Waals surface area contributed by atoms with Crippen LogP contribution in [0.3, 0.4) is 0 Å². The quantitative estimate of drug-likeness (QED) is 0.705. The van der Waals surface area contributed by atoms with Crippen LogP contribution >= 0.6 is 0 Å². The van der Waals surface area contributed by atoms with Gasteiger partial charge in [0.15, 0.2) is 0 Å². The molecule has 18 heavy (non-hydrogen) atoms. The van der Waals surface area contributed by atoms with E-state index >= 15 is 0 Å². The van der Waals surface area contributed by atoms with Gasteiger partial charge in [-0.3, -0.25) is 9.59 Å². The van der Waals surface area contributed by atoms with Crippen molar-refractivity contribution in [2.75, 3.05) is 18.9 Å². The largest absolute Gasteiger partial charge is 0.370 e. The first-order valence-corrected chi connectivity index (χ1v) is 5.80. The standard InChI is InChI=1S/C12H18N4O2/c1-4-14-10-7-9(5-6-15-10)12(18)16-8(2)11(17)13-3/h5-8H,4H2,1-3H3,(H,13,17)(H,14,15)(H,16,18). The van der Waals surface area contributed by atoms with E-state index in [-0.39, 0.29) is 11.8 Å². The highest BCUT2D eigenvalue weighted by atomic mass is 16.2. The van der Waals surface area contributed by atoms with Crippen LogP contribution in [0.25, 0.3) is 0 Å². The van der Waals surface area contributed by atoms with Crippen molar-refractivity contribution in [3.05, 3.63) is 23.9 Å². The summed E-state index contributed by atoms with van der Waals surface area (Å²) in [6, 6.07) is 2.68. The van der Waals surface area contributed by atoms with Crippen LogP contribution < -0.4 is 16.0 Å². The van der Waals surface area contributed by atoms with E-state index in [0.717, 1.165) is 6.54 Å². The fraction of sp³-hybridized carbons (Fsp3) is 0.417. The molecular formula is C12H18N4O2. The van der Waals surface area contributed by atoms with Gasteiger partial charge in [0.1, 0.15) is 11.9 Å². The fourth-order valence-corrected chi connectivity index (χ4v) is 1.41. The van der Waals surface area contributed by atoms with E-state index in [9.17, 15) is 9.59 Å². The number of hydrogen-bond donors (Lipinski definition) is 3. The second kappa shape index (κ2) is 6.58. The van der Waals surface area contributed by atoms with Gasteiger partial charge in [0.2, 0.25) is 5.91 Å². The molecule has 0 aliphatic rings. The lowest BCUT2D eigenvalue weighted by Gasteiger charge is -2.12. The SMILES string of the molecule is CCNc1cc(C(=O)NC(C)C(=O)NC)ccn1. The molecule has 1 atom stereocenters. The van der Waals surface area contributed by atoms with E-state index in [1.165, 1.54) is 7.05 Å². The van der Waals surface area contributed by atoms with Gasteiger partial charge in [-0.05, 0) is 26.0 Å². The Morgan fingerprint density at radius 1 is 1.44 bits per heavy atom. The predicted octanol–water partition coefficient (Wildman–Crippen LogP) is 0.378. The van der Waals surface area contributed by atoms with Crippen LogP contribution in [0.5, 0.6) is 0 Å². The molecule has 0 saturated carbocycles. The third-order valence-corrected chi connectivity index (χ3v) is 2.37. The first kappa shape index (κ1) is 14.0. The van der Waals surface area contributed by atoms with E-state index in [1.807, 2.05) is 6.92 Å². The molecule has 1 unspecified atom stereocenters. The van der Waals surface area contributed by atoms with E-state index in [1.54, 1.807) is 25.3 Å². The number of amides is 2. The first-order chi connectivity index (χ1) is 8.58. The molecular weight excluding hydrogens is 232 g/mol. The van der Waals surface area contributed by atoms with Crippen molar-refractivity contribution in [1.29, 1.82) is 0 Å². The Kier molecular flexibility index (Phi) is 5.10. The minimum atomic E-state index is -0.571. The Hall–Kier alpha value is -2.11. The Morgan fingerprint density at radius 2 is 2.17 bits per heavy atom. The highest BCUT2D eigenvalue weighted by molar-refractivity contribution is 5.97. The summed E-state index contributed by atoms with van der Waals surface area (Å²) in [5, 5.41) is 8.10. The van der Waals surface area contributed by atoms with Crippen LogP contribution in [0.15, 0.2) is 18.3 Å². The molecule has 3 N–H and O–H groups in total. The number of pyridine rings is 1. The van der Waals surface area contributed by atoms with Crippen LogP contribution in [0, 0.1) is 0 Å². The molecule has 0 aliphatic heterocycles. The molecule has 1 aromatic rings. The summed E-state index contributed by atoms with van der Waals surface area (Å²) < 4.78 is 0. The Balaban J connectivity index is 2.72. The molecule has 98 valence electrons. The number of likely N-dealkylation sites (N-methyl/N-ethyl adjacent to an activating group) is 1. The molecule has 0 aliphatic carbocycles. The number of rotatable bonds is 5. The minimum absolute atomic E-state index is 0.232. The zero-order valence-electron chi connectivity index (χ0n) is 10.8. The van der Waals surface area contributed by atoms with Gasteiger partial charge >= 0.3 is 0 Å². The van der Waals surface area contributed by atoms with Crippen molar-refractivity contribution in [2.45, 2.75) is 19.9 Å². The van der Waals surface area contributed by atoms with Crippen molar-refractivity contribution in [1.82, 2.24) is 15.6 Å². The zero-order valence-corrected chi connectivity index (χ0v) is 10.8. The lowest BCUT2D eigenvalue weighted by molar-refractivity contribution is -0.122. The van der Waals surface area contributed by atoms with Gasteiger partial charge in [-0.1, -0.05) is 0 Å². The van der Waals surface area contributed by atoms with Gasteiger partial charge in [0.25, 0.3) is 5.91 Å².